The zero-order chi connectivity index (χ0) is 16.8. The van der Waals surface area contributed by atoms with Gasteiger partial charge >= 0.3 is 36.3 Å². The van der Waals surface area contributed by atoms with Crippen LogP contribution in [0.25, 0.3) is 0 Å². The third-order valence-electron chi connectivity index (χ3n) is 1.61. The summed E-state index contributed by atoms with van der Waals surface area (Å²) in [5.41, 5.74) is 0. The van der Waals surface area contributed by atoms with Crippen molar-refractivity contribution in [3.8, 4) is 0 Å². The van der Waals surface area contributed by atoms with Crippen LogP contribution in [-0.2, 0) is 9.53 Å². The van der Waals surface area contributed by atoms with Crippen LogP contribution in [0.3, 0.4) is 0 Å². The van der Waals surface area contributed by atoms with Crippen LogP contribution in [0.5, 0.6) is 0 Å². The van der Waals surface area contributed by atoms with Gasteiger partial charge in [0.2, 0.25) is 0 Å². The molecule has 0 radical (unpaired) electrons. The van der Waals surface area contributed by atoms with Gasteiger partial charge < -0.3 is 0 Å². The smallest absolute Gasteiger partial charge is 0.261 e. The van der Waals surface area contributed by atoms with Gasteiger partial charge in [-0.1, -0.05) is 0 Å². The van der Waals surface area contributed by atoms with Crippen molar-refractivity contribution in [1.82, 2.24) is 0 Å². The Hall–Kier alpha value is -1.21. The van der Waals surface area contributed by atoms with Crippen LogP contribution in [-0.4, -0.2) is 36.3 Å². The highest BCUT2D eigenvalue weighted by Crippen LogP contribution is 2.51. The Labute approximate surface area is 99.8 Å². The van der Waals surface area contributed by atoms with Crippen molar-refractivity contribution in [2.45, 2.75) is 30.2 Å². The second-order valence-electron chi connectivity index (χ2n) is 3.06. The summed E-state index contributed by atoms with van der Waals surface area (Å²) in [7, 11) is 0. The number of halogens is 12. The second-order valence-corrected chi connectivity index (χ2v) is 3.06. The monoisotopic (exact) mass is 332 g/mol. The molecule has 1 atom stereocenters. The van der Waals surface area contributed by atoms with Gasteiger partial charge in [0.1, 0.15) is 0 Å². The fraction of sp³-hybridized carbons (Fsp3) is 0.833. The average molecular weight is 332 g/mol. The van der Waals surface area contributed by atoms with Crippen LogP contribution < -0.4 is 0 Å². The summed E-state index contributed by atoms with van der Waals surface area (Å²) < 4.78 is 145. The molecule has 0 rings (SSSR count). The molecule has 0 saturated heterocycles. The highest BCUT2D eigenvalue weighted by Gasteiger charge is 2.79. The summed E-state index contributed by atoms with van der Waals surface area (Å²) in [5, 5.41) is 0. The topological polar surface area (TPSA) is 26.3 Å². The van der Waals surface area contributed by atoms with Crippen molar-refractivity contribution < 1.29 is 62.2 Å². The molecule has 0 aromatic rings. The van der Waals surface area contributed by atoms with E-state index in [9.17, 15) is 57.5 Å². The summed E-state index contributed by atoms with van der Waals surface area (Å²) in [4.78, 5) is 9.62. The summed E-state index contributed by atoms with van der Waals surface area (Å²) in [6, 6.07) is -4.39. The number of carbonyl (C=O) groups is 1. The lowest BCUT2D eigenvalue weighted by Gasteiger charge is -2.32. The van der Waals surface area contributed by atoms with E-state index in [0.717, 1.165) is 0 Å². The first kappa shape index (κ1) is 18.8. The molecule has 0 spiro atoms. The second kappa shape index (κ2) is 4.66. The van der Waals surface area contributed by atoms with Crippen molar-refractivity contribution in [2.24, 2.45) is 0 Å². The maximum Gasteiger partial charge on any atom is 0.462 e. The molecule has 0 aliphatic heterocycles. The highest BCUT2D eigenvalue weighted by molar-refractivity contribution is 5.77. The van der Waals surface area contributed by atoms with E-state index in [4.69, 9.17) is 0 Å². The fourth-order valence-electron chi connectivity index (χ4n) is 0.615. The minimum Gasteiger partial charge on any atom is -0.261 e. The van der Waals surface area contributed by atoms with Crippen molar-refractivity contribution in [1.29, 1.82) is 0 Å². The number of ether oxygens (including phenoxy) is 1. The van der Waals surface area contributed by atoms with Gasteiger partial charge in [-0.15, -0.1) is 0 Å². The van der Waals surface area contributed by atoms with Crippen LogP contribution in [0.1, 0.15) is 0 Å². The zero-order valence-corrected chi connectivity index (χ0v) is 8.35. The predicted molar refractivity (Wildman–Crippen MR) is 33.0 cm³/mol. The zero-order valence-electron chi connectivity index (χ0n) is 8.35. The summed E-state index contributed by atoms with van der Waals surface area (Å²) in [6.45, 7) is 0. The standard InChI is InChI=1S/C6F12O2/c7-1(19)2(8,4(11,12)13)20-6(17,18)3(9,10)5(14,15)16/t2-/m0/s1. The molecule has 120 valence electrons. The molecular formula is C6F12O2. The molecule has 0 heterocycles. The Bertz CT molecular complexity index is 380. The number of carbonyl (C=O) groups excluding carboxylic acids is 1. The summed E-state index contributed by atoms with van der Waals surface area (Å²) in [6.07, 6.45) is -21.3. The van der Waals surface area contributed by atoms with Crippen molar-refractivity contribution in [2.75, 3.05) is 0 Å². The molecule has 0 aromatic heterocycles. The van der Waals surface area contributed by atoms with Crippen LogP contribution in [0, 0.1) is 0 Å². The number of hydrogen-bond acceptors (Lipinski definition) is 2. The molecule has 0 N–H and O–H groups in total. The van der Waals surface area contributed by atoms with Gasteiger partial charge in [0, 0.05) is 0 Å². The van der Waals surface area contributed by atoms with Crippen LogP contribution in [0.15, 0.2) is 0 Å². The quantitative estimate of drug-likeness (QED) is 0.582. The molecular weight excluding hydrogens is 332 g/mol. The van der Waals surface area contributed by atoms with E-state index < -0.39 is 36.3 Å². The Morgan fingerprint density at radius 2 is 1.05 bits per heavy atom. The van der Waals surface area contributed by atoms with E-state index in [-0.39, 0.29) is 0 Å². The number of alkyl halides is 11. The minimum atomic E-state index is -7.32. The van der Waals surface area contributed by atoms with Gasteiger partial charge in [-0.3, -0.25) is 9.53 Å². The lowest BCUT2D eigenvalue weighted by molar-refractivity contribution is -0.473. The van der Waals surface area contributed by atoms with Gasteiger partial charge in [0.05, 0.1) is 0 Å². The molecule has 14 heteroatoms. The molecule has 0 unspecified atom stereocenters. The van der Waals surface area contributed by atoms with Crippen molar-refractivity contribution in [3.63, 3.8) is 0 Å². The van der Waals surface area contributed by atoms with E-state index in [1.165, 1.54) is 4.74 Å². The molecule has 20 heavy (non-hydrogen) atoms. The molecule has 2 nitrogen and oxygen atoms in total. The fourth-order valence-corrected chi connectivity index (χ4v) is 0.615. The third-order valence-corrected chi connectivity index (χ3v) is 1.61. The van der Waals surface area contributed by atoms with Gasteiger partial charge in [0.25, 0.3) is 0 Å². The van der Waals surface area contributed by atoms with E-state index in [1.54, 1.807) is 0 Å². The Morgan fingerprint density at radius 3 is 1.25 bits per heavy atom. The third kappa shape index (κ3) is 2.93. The molecule has 0 bridgehead atoms. The van der Waals surface area contributed by atoms with Crippen LogP contribution >= 0.6 is 0 Å². The van der Waals surface area contributed by atoms with E-state index in [1.807, 2.05) is 0 Å². The molecule has 0 aliphatic carbocycles. The van der Waals surface area contributed by atoms with Crippen molar-refractivity contribution in [3.05, 3.63) is 0 Å². The Morgan fingerprint density at radius 1 is 0.700 bits per heavy atom. The SMILES string of the molecule is O=C(F)[C@](F)(OC(F)(F)C(F)(F)C(F)(F)F)C(F)(F)F. The highest BCUT2D eigenvalue weighted by atomic mass is 19.4. The van der Waals surface area contributed by atoms with E-state index in [0.29, 0.717) is 0 Å². The predicted octanol–water partition coefficient (Wildman–Crippen LogP) is 3.52. The normalized spacial score (nSPS) is 17.8. The number of hydrogen-bond donors (Lipinski definition) is 0. The van der Waals surface area contributed by atoms with Gasteiger partial charge in [-0.2, -0.15) is 52.7 Å². The molecule has 0 aliphatic rings. The first-order valence-corrected chi connectivity index (χ1v) is 3.88. The average Bonchev–Trinajstić information content (AvgIpc) is 2.12. The largest absolute Gasteiger partial charge is 0.462 e. The van der Waals surface area contributed by atoms with Crippen LogP contribution in [0.2, 0.25) is 0 Å². The lowest BCUT2D eigenvalue weighted by atomic mass is 10.2. The molecule has 0 saturated carbocycles. The summed E-state index contributed by atoms with van der Waals surface area (Å²) in [5.74, 6) is -14.0. The molecule has 0 aromatic carbocycles. The van der Waals surface area contributed by atoms with Crippen LogP contribution in [0.4, 0.5) is 52.7 Å². The van der Waals surface area contributed by atoms with Crippen molar-refractivity contribution >= 4 is 6.04 Å². The maximum atomic E-state index is 12.6. The Balaban J connectivity index is 5.73. The van der Waals surface area contributed by atoms with E-state index in [2.05, 4.69) is 0 Å². The lowest BCUT2D eigenvalue weighted by Crippen LogP contribution is -2.61. The van der Waals surface area contributed by atoms with E-state index >= 15 is 0 Å². The van der Waals surface area contributed by atoms with Gasteiger partial charge in [0.15, 0.2) is 0 Å². The first-order valence-electron chi connectivity index (χ1n) is 3.88. The first-order chi connectivity index (χ1) is 8.40. The number of rotatable bonds is 4. The minimum absolute atomic E-state index is 1.52. The van der Waals surface area contributed by atoms with Gasteiger partial charge in [-0.25, -0.2) is 0 Å². The maximum absolute atomic E-state index is 12.6. The molecule has 0 fully saturated rings. The molecule has 0 amide bonds. The Kier molecular flexibility index (Phi) is 4.38. The van der Waals surface area contributed by atoms with Gasteiger partial charge in [-0.05, 0) is 0 Å². The summed E-state index contributed by atoms with van der Waals surface area (Å²) >= 11 is 0.